The van der Waals surface area contributed by atoms with Crippen molar-refractivity contribution in [3.8, 4) is 0 Å². The molecule has 2 rings (SSSR count). The molecule has 0 saturated carbocycles. The molecule has 3 N–H and O–H groups in total. The van der Waals surface area contributed by atoms with Crippen LogP contribution >= 0.6 is 0 Å². The number of hydrogen-bond donors (Lipinski definition) is 3. The number of benzene rings is 1. The number of amides is 1. The van der Waals surface area contributed by atoms with Crippen molar-refractivity contribution < 1.29 is 19.8 Å². The van der Waals surface area contributed by atoms with E-state index >= 15 is 0 Å². The summed E-state index contributed by atoms with van der Waals surface area (Å²) in [6, 6.07) is 6.95. The lowest BCUT2D eigenvalue weighted by atomic mass is 9.96. The molecule has 0 aromatic heterocycles. The zero-order valence-corrected chi connectivity index (χ0v) is 14.8. The molecule has 0 fully saturated rings. The highest BCUT2D eigenvalue weighted by atomic mass is 16.3. The van der Waals surface area contributed by atoms with Crippen molar-refractivity contribution in [3.05, 3.63) is 41.2 Å². The third kappa shape index (κ3) is 4.00. The molecule has 1 heterocycles. The van der Waals surface area contributed by atoms with Crippen molar-refractivity contribution in [3.63, 3.8) is 0 Å². The standard InChI is InChI=1S/C18H25N3O4/c1-12(23)15-16(13-4-6-14(7-5-13)20(2)3)21(18(25)17(15)24)10-8-19-9-11-22/h4-7,16,19,22,24H,8-11H2,1-3H3. The number of Topliss-reactive ketones (excluding diaryl/α,β-unsaturated/α-hetero) is 1. The minimum atomic E-state index is -0.600. The molecule has 136 valence electrons. The Morgan fingerprint density at radius 3 is 2.40 bits per heavy atom. The zero-order chi connectivity index (χ0) is 18.6. The van der Waals surface area contributed by atoms with E-state index in [1.165, 1.54) is 11.8 Å². The monoisotopic (exact) mass is 347 g/mol. The number of nitrogens with zero attached hydrogens (tertiary/aromatic N) is 2. The molecule has 0 bridgehead atoms. The molecule has 0 aliphatic carbocycles. The van der Waals surface area contributed by atoms with Gasteiger partial charge in [-0.2, -0.15) is 0 Å². The van der Waals surface area contributed by atoms with Crippen molar-refractivity contribution in [1.82, 2.24) is 10.2 Å². The van der Waals surface area contributed by atoms with Crippen molar-refractivity contribution in [2.45, 2.75) is 13.0 Å². The third-order valence-corrected chi connectivity index (χ3v) is 4.23. The lowest BCUT2D eigenvalue weighted by molar-refractivity contribution is -0.129. The van der Waals surface area contributed by atoms with E-state index in [4.69, 9.17) is 5.11 Å². The Bertz CT molecular complexity index is 667. The summed E-state index contributed by atoms with van der Waals surface area (Å²) in [5, 5.41) is 22.0. The molecular weight excluding hydrogens is 322 g/mol. The average Bonchev–Trinajstić information content (AvgIpc) is 2.83. The summed E-state index contributed by atoms with van der Waals surface area (Å²) in [6.07, 6.45) is 0. The Balaban J connectivity index is 2.32. The smallest absolute Gasteiger partial charge is 0.290 e. The van der Waals surface area contributed by atoms with Crippen molar-refractivity contribution >= 4 is 17.4 Å². The number of rotatable bonds is 8. The molecule has 25 heavy (non-hydrogen) atoms. The van der Waals surface area contributed by atoms with Crippen molar-refractivity contribution in [2.24, 2.45) is 0 Å². The molecule has 0 radical (unpaired) electrons. The number of anilines is 1. The van der Waals surface area contributed by atoms with Crippen LogP contribution in [0.15, 0.2) is 35.6 Å². The fourth-order valence-electron chi connectivity index (χ4n) is 2.95. The number of carbonyl (C=O) groups is 2. The van der Waals surface area contributed by atoms with Crippen LogP contribution < -0.4 is 10.2 Å². The lowest BCUT2D eigenvalue weighted by Gasteiger charge is -2.27. The SMILES string of the molecule is CC(=O)C1=C(O)C(=O)N(CCNCCO)C1c1ccc(N(C)C)cc1. The number of carbonyl (C=O) groups excluding carboxylic acids is 2. The first-order chi connectivity index (χ1) is 11.9. The summed E-state index contributed by atoms with van der Waals surface area (Å²) in [7, 11) is 3.86. The molecule has 0 saturated heterocycles. The highest BCUT2D eigenvalue weighted by molar-refractivity contribution is 6.08. The Hall–Kier alpha value is -2.38. The van der Waals surface area contributed by atoms with Gasteiger partial charge in [-0.3, -0.25) is 9.59 Å². The highest BCUT2D eigenvalue weighted by Crippen LogP contribution is 2.37. The second-order valence-corrected chi connectivity index (χ2v) is 6.18. The molecule has 1 unspecified atom stereocenters. The maximum absolute atomic E-state index is 12.4. The van der Waals surface area contributed by atoms with Gasteiger partial charge in [-0.1, -0.05) is 12.1 Å². The summed E-state index contributed by atoms with van der Waals surface area (Å²) in [6.45, 7) is 2.55. The lowest BCUT2D eigenvalue weighted by Crippen LogP contribution is -2.37. The molecular formula is C18H25N3O4. The summed E-state index contributed by atoms with van der Waals surface area (Å²) >= 11 is 0. The number of aliphatic hydroxyl groups excluding tert-OH is 2. The Morgan fingerprint density at radius 1 is 1.24 bits per heavy atom. The van der Waals surface area contributed by atoms with Crippen LogP contribution in [0, 0.1) is 0 Å². The van der Waals surface area contributed by atoms with E-state index < -0.39 is 17.7 Å². The van der Waals surface area contributed by atoms with E-state index in [0.29, 0.717) is 19.6 Å². The fourth-order valence-corrected chi connectivity index (χ4v) is 2.95. The number of nitrogens with one attached hydrogen (secondary N) is 1. The third-order valence-electron chi connectivity index (χ3n) is 4.23. The van der Waals surface area contributed by atoms with Crippen LogP contribution in [0.4, 0.5) is 5.69 Å². The molecule has 1 atom stereocenters. The van der Waals surface area contributed by atoms with Gasteiger partial charge in [0.05, 0.1) is 18.2 Å². The molecule has 7 heteroatoms. The summed E-state index contributed by atoms with van der Waals surface area (Å²) in [5.41, 5.74) is 1.90. The molecule has 1 aromatic carbocycles. The van der Waals surface area contributed by atoms with E-state index in [1.54, 1.807) is 0 Å². The molecule has 1 aliphatic rings. The van der Waals surface area contributed by atoms with E-state index in [1.807, 2.05) is 43.3 Å². The minimum Gasteiger partial charge on any atom is -0.503 e. The van der Waals surface area contributed by atoms with E-state index in [-0.39, 0.29) is 18.0 Å². The normalized spacial score (nSPS) is 17.4. The van der Waals surface area contributed by atoms with Crippen LogP contribution in [0.25, 0.3) is 0 Å². The van der Waals surface area contributed by atoms with Crippen molar-refractivity contribution in [2.75, 3.05) is 45.2 Å². The Labute approximate surface area is 147 Å². The highest BCUT2D eigenvalue weighted by Gasteiger charge is 2.41. The van der Waals surface area contributed by atoms with Gasteiger partial charge in [0.2, 0.25) is 0 Å². The largest absolute Gasteiger partial charge is 0.503 e. The van der Waals surface area contributed by atoms with Crippen LogP contribution in [0.2, 0.25) is 0 Å². The van der Waals surface area contributed by atoms with E-state index in [0.717, 1.165) is 11.3 Å². The van der Waals surface area contributed by atoms with Gasteiger partial charge in [0.25, 0.3) is 5.91 Å². The quantitative estimate of drug-likeness (QED) is 0.597. The average molecular weight is 347 g/mol. The molecule has 0 spiro atoms. The summed E-state index contributed by atoms with van der Waals surface area (Å²) in [4.78, 5) is 27.9. The summed E-state index contributed by atoms with van der Waals surface area (Å²) in [5.74, 6) is -1.34. The predicted octanol–water partition coefficient (Wildman–Crippen LogP) is 0.619. The first-order valence-corrected chi connectivity index (χ1v) is 8.22. The molecule has 7 nitrogen and oxygen atoms in total. The molecule has 1 aliphatic heterocycles. The Kier molecular flexibility index (Phi) is 6.17. The Morgan fingerprint density at radius 2 is 1.88 bits per heavy atom. The second-order valence-electron chi connectivity index (χ2n) is 6.18. The molecule has 1 amide bonds. The predicted molar refractivity (Wildman–Crippen MR) is 95.5 cm³/mol. The van der Waals surface area contributed by atoms with Crippen molar-refractivity contribution in [1.29, 1.82) is 0 Å². The van der Waals surface area contributed by atoms with E-state index in [2.05, 4.69) is 5.32 Å². The maximum atomic E-state index is 12.4. The number of ketones is 1. The zero-order valence-electron chi connectivity index (χ0n) is 14.8. The van der Waals surface area contributed by atoms with Crippen LogP contribution in [0.5, 0.6) is 0 Å². The fraction of sp³-hybridized carbons (Fsp3) is 0.444. The first kappa shape index (κ1) is 19.0. The van der Waals surface area contributed by atoms with Gasteiger partial charge in [0.15, 0.2) is 11.5 Å². The second kappa shape index (κ2) is 8.13. The molecule has 1 aromatic rings. The van der Waals surface area contributed by atoms with E-state index in [9.17, 15) is 14.7 Å². The van der Waals surface area contributed by atoms with Crippen LogP contribution in [0.1, 0.15) is 18.5 Å². The number of hydrogen-bond acceptors (Lipinski definition) is 6. The first-order valence-electron chi connectivity index (χ1n) is 8.22. The maximum Gasteiger partial charge on any atom is 0.290 e. The van der Waals surface area contributed by atoms with Gasteiger partial charge >= 0.3 is 0 Å². The van der Waals surface area contributed by atoms with Gasteiger partial charge in [0.1, 0.15) is 0 Å². The summed E-state index contributed by atoms with van der Waals surface area (Å²) < 4.78 is 0. The van der Waals surface area contributed by atoms with Crippen LogP contribution in [-0.2, 0) is 9.59 Å². The van der Waals surface area contributed by atoms with Gasteiger partial charge < -0.3 is 25.3 Å². The van der Waals surface area contributed by atoms with Gasteiger partial charge in [-0.05, 0) is 24.6 Å². The van der Waals surface area contributed by atoms with Gasteiger partial charge in [0, 0.05) is 39.4 Å². The topological polar surface area (TPSA) is 93.1 Å². The van der Waals surface area contributed by atoms with Gasteiger partial charge in [-0.25, -0.2) is 0 Å². The number of aliphatic hydroxyl groups is 2. The van der Waals surface area contributed by atoms with Gasteiger partial charge in [-0.15, -0.1) is 0 Å². The minimum absolute atomic E-state index is 0.00552. The van der Waals surface area contributed by atoms with Crippen LogP contribution in [0.3, 0.4) is 0 Å². The van der Waals surface area contributed by atoms with Crippen LogP contribution in [-0.4, -0.2) is 67.1 Å².